The van der Waals surface area contributed by atoms with Crippen LogP contribution in [0, 0.1) is 35.0 Å². The van der Waals surface area contributed by atoms with Crippen molar-refractivity contribution < 1.29 is 39.2 Å². The predicted octanol–water partition coefficient (Wildman–Crippen LogP) is 3.39. The van der Waals surface area contributed by atoms with E-state index < -0.39 is 71.1 Å². The second-order valence-electron chi connectivity index (χ2n) is 16.6. The van der Waals surface area contributed by atoms with E-state index in [9.17, 15) is 34.5 Å². The van der Waals surface area contributed by atoms with Crippen LogP contribution in [0.1, 0.15) is 101 Å². The molecule has 0 unspecified atom stereocenters. The van der Waals surface area contributed by atoms with Gasteiger partial charge in [0, 0.05) is 32.5 Å². The Hall–Kier alpha value is -2.50. The monoisotopic (exact) mass is 677 g/mol. The third-order valence-electron chi connectivity index (χ3n) is 11.7. The molecule has 0 radical (unpaired) electrons. The normalized spacial score (nSPS) is 32.4. The molecule has 3 aliphatic rings. The number of carbonyl (C=O) groups excluding carboxylic acids is 4. The molecule has 0 aromatic carbocycles. The SMILES string of the molecule is C=C(C)[C@H]1CC[C@]2(C)[C@@H](OC(=O)[C@@H]3C[C@@H](O)CN3C(=O)[C@H](C(C)C)N(C)C(=O)[C@H](C(C)C)N(C)C(=O)[C@H](O)C(C)C)CC[C@](C)(O)[C@H]2C1. The molecule has 1 aliphatic heterocycles. The molecule has 11 heteroatoms. The highest BCUT2D eigenvalue weighted by Gasteiger charge is 2.57. The van der Waals surface area contributed by atoms with E-state index in [-0.39, 0.29) is 36.6 Å². The van der Waals surface area contributed by atoms with E-state index in [0.717, 1.165) is 24.8 Å². The zero-order chi connectivity index (χ0) is 36.6. The molecule has 1 saturated heterocycles. The van der Waals surface area contributed by atoms with Gasteiger partial charge in [0.1, 0.15) is 30.3 Å². The molecule has 2 aliphatic carbocycles. The largest absolute Gasteiger partial charge is 0.460 e. The predicted molar refractivity (Wildman–Crippen MR) is 183 cm³/mol. The number of β-amino-alcohol motifs (C(OH)–C–C–N with tert-alkyl or cyclic N) is 1. The van der Waals surface area contributed by atoms with Crippen LogP contribution in [0.4, 0.5) is 0 Å². The van der Waals surface area contributed by atoms with Crippen molar-refractivity contribution in [2.24, 2.45) is 35.0 Å². The van der Waals surface area contributed by atoms with Gasteiger partial charge >= 0.3 is 5.97 Å². The number of esters is 1. The molecule has 10 atom stereocenters. The zero-order valence-electron chi connectivity index (χ0n) is 31.2. The topological polar surface area (TPSA) is 148 Å². The summed E-state index contributed by atoms with van der Waals surface area (Å²) in [7, 11) is 3.01. The first-order valence-electron chi connectivity index (χ1n) is 17.8. The summed E-state index contributed by atoms with van der Waals surface area (Å²) < 4.78 is 6.26. The van der Waals surface area contributed by atoms with Gasteiger partial charge in [-0.1, -0.05) is 60.6 Å². The summed E-state index contributed by atoms with van der Waals surface area (Å²) in [4.78, 5) is 59.3. The number of likely N-dealkylation sites (tertiary alicyclic amines) is 1. The summed E-state index contributed by atoms with van der Waals surface area (Å²) >= 11 is 0. The molecule has 48 heavy (non-hydrogen) atoms. The van der Waals surface area contributed by atoms with E-state index in [1.807, 2.05) is 27.7 Å². The molecule has 0 aromatic heterocycles. The lowest BCUT2D eigenvalue weighted by Crippen LogP contribution is -2.60. The number of hydrogen-bond donors (Lipinski definition) is 3. The van der Waals surface area contributed by atoms with Crippen molar-refractivity contribution in [2.45, 2.75) is 143 Å². The fourth-order valence-corrected chi connectivity index (χ4v) is 8.69. The average molecular weight is 678 g/mol. The van der Waals surface area contributed by atoms with E-state index in [4.69, 9.17) is 4.74 Å². The van der Waals surface area contributed by atoms with E-state index >= 15 is 0 Å². The maximum absolute atomic E-state index is 14.3. The Kier molecular flexibility index (Phi) is 12.6. The molecule has 3 fully saturated rings. The average Bonchev–Trinajstić information content (AvgIpc) is 3.38. The van der Waals surface area contributed by atoms with Gasteiger partial charge in [-0.15, -0.1) is 0 Å². The number of hydrogen-bond acceptors (Lipinski definition) is 8. The third kappa shape index (κ3) is 7.94. The first-order valence-corrected chi connectivity index (χ1v) is 17.8. The molecule has 274 valence electrons. The van der Waals surface area contributed by atoms with Crippen LogP contribution in [0.2, 0.25) is 0 Å². The fourth-order valence-electron chi connectivity index (χ4n) is 8.69. The van der Waals surface area contributed by atoms with Crippen LogP contribution in [0.5, 0.6) is 0 Å². The molecule has 3 N–H and O–H groups in total. The highest BCUT2D eigenvalue weighted by atomic mass is 16.5. The highest BCUT2D eigenvalue weighted by molar-refractivity contribution is 5.94. The van der Waals surface area contributed by atoms with Gasteiger partial charge in [-0.25, -0.2) is 4.79 Å². The first-order chi connectivity index (χ1) is 22.1. The third-order valence-corrected chi connectivity index (χ3v) is 11.7. The molecule has 3 amide bonds. The van der Waals surface area contributed by atoms with Crippen molar-refractivity contribution in [3.8, 4) is 0 Å². The van der Waals surface area contributed by atoms with Crippen molar-refractivity contribution in [1.29, 1.82) is 0 Å². The van der Waals surface area contributed by atoms with Gasteiger partial charge in [-0.3, -0.25) is 14.4 Å². The Balaban J connectivity index is 1.84. The van der Waals surface area contributed by atoms with E-state index in [1.165, 1.54) is 28.8 Å². The molecular weight excluding hydrogens is 614 g/mol. The molecule has 1 heterocycles. The second-order valence-corrected chi connectivity index (χ2v) is 16.6. The number of fused-ring (bicyclic) bond motifs is 1. The standard InChI is InChI=1S/C37H63N3O8/c1-20(2)24-13-15-36(9)27(17-24)37(10,47)16-14-28(36)48-35(46)26-18-25(41)19-40(26)33(44)30(22(5)6)38(11)32(43)29(21(3)4)39(12)34(45)31(42)23(7)8/h21-31,41-42,47H,1,13-19H2,2-12H3/t24-,25+,26-,27-,28-,29-,30-,31+,36-,37-/m0/s1. The lowest BCUT2D eigenvalue weighted by molar-refractivity contribution is -0.199. The molecule has 2 saturated carbocycles. The number of allylic oxidation sites excluding steroid dienone is 1. The van der Waals surface area contributed by atoms with Crippen molar-refractivity contribution in [2.75, 3.05) is 20.6 Å². The number of nitrogens with zero attached hydrogens (tertiary/aromatic N) is 3. The van der Waals surface area contributed by atoms with Crippen molar-refractivity contribution in [3.05, 3.63) is 12.2 Å². The summed E-state index contributed by atoms with van der Waals surface area (Å²) in [5.74, 6) is -2.91. The molecule has 0 spiro atoms. The number of aliphatic hydroxyl groups excluding tert-OH is 2. The smallest absolute Gasteiger partial charge is 0.329 e. The minimum absolute atomic E-state index is 0.0221. The van der Waals surface area contributed by atoms with Crippen LogP contribution in [0.15, 0.2) is 12.2 Å². The maximum Gasteiger partial charge on any atom is 0.329 e. The van der Waals surface area contributed by atoms with Gasteiger partial charge in [-0.2, -0.15) is 0 Å². The number of likely N-dealkylation sites (N-methyl/N-ethyl adjacent to an activating group) is 2. The zero-order valence-corrected chi connectivity index (χ0v) is 31.2. The summed E-state index contributed by atoms with van der Waals surface area (Å²) in [5.41, 5.74) is -0.269. The molecular formula is C37H63N3O8. The van der Waals surface area contributed by atoms with E-state index in [1.54, 1.807) is 27.7 Å². The second kappa shape index (κ2) is 15.2. The van der Waals surface area contributed by atoms with Gasteiger partial charge in [0.2, 0.25) is 11.8 Å². The Morgan fingerprint density at radius 1 is 0.875 bits per heavy atom. The van der Waals surface area contributed by atoms with Crippen LogP contribution in [0.25, 0.3) is 0 Å². The summed E-state index contributed by atoms with van der Waals surface area (Å²) in [6.45, 7) is 20.7. The molecule has 0 bridgehead atoms. The Labute approximate surface area is 288 Å². The molecule has 0 aromatic rings. The number of aliphatic hydroxyl groups is 3. The summed E-state index contributed by atoms with van der Waals surface area (Å²) in [6, 6.07) is -2.95. The number of rotatable bonds is 11. The van der Waals surface area contributed by atoms with Crippen LogP contribution >= 0.6 is 0 Å². The van der Waals surface area contributed by atoms with E-state index in [0.29, 0.717) is 18.8 Å². The van der Waals surface area contributed by atoms with Crippen molar-refractivity contribution >= 4 is 23.7 Å². The van der Waals surface area contributed by atoms with Crippen molar-refractivity contribution in [1.82, 2.24) is 14.7 Å². The summed E-state index contributed by atoms with van der Waals surface area (Å²) in [6.07, 6.45) is 0.756. The Morgan fingerprint density at radius 3 is 1.96 bits per heavy atom. The van der Waals surface area contributed by atoms with Crippen LogP contribution in [-0.4, -0.2) is 116 Å². The quantitative estimate of drug-likeness (QED) is 0.223. The van der Waals surface area contributed by atoms with Gasteiger partial charge < -0.3 is 34.8 Å². The minimum atomic E-state index is -1.27. The Morgan fingerprint density at radius 2 is 1.44 bits per heavy atom. The number of carbonyl (C=O) groups is 4. The fraction of sp³-hybridized carbons (Fsp3) is 0.838. The lowest BCUT2D eigenvalue weighted by atomic mass is 9.52. The van der Waals surface area contributed by atoms with Crippen LogP contribution in [0.3, 0.4) is 0 Å². The van der Waals surface area contributed by atoms with Gasteiger partial charge in [0.05, 0.1) is 11.7 Å². The van der Waals surface area contributed by atoms with Crippen molar-refractivity contribution in [3.63, 3.8) is 0 Å². The summed E-state index contributed by atoms with van der Waals surface area (Å²) in [5, 5.41) is 32.6. The minimum Gasteiger partial charge on any atom is -0.460 e. The van der Waals surface area contributed by atoms with Gasteiger partial charge in [0.15, 0.2) is 0 Å². The molecule has 3 rings (SSSR count). The number of ether oxygens (including phenoxy) is 1. The first kappa shape index (κ1) is 39.9. The van der Waals surface area contributed by atoms with E-state index in [2.05, 4.69) is 13.5 Å². The van der Waals surface area contributed by atoms with Gasteiger partial charge in [0.25, 0.3) is 5.91 Å². The maximum atomic E-state index is 14.3. The molecule has 11 nitrogen and oxygen atoms in total. The lowest BCUT2D eigenvalue weighted by Gasteiger charge is -2.57. The van der Waals surface area contributed by atoms with Crippen LogP contribution < -0.4 is 0 Å². The van der Waals surface area contributed by atoms with Gasteiger partial charge in [-0.05, 0) is 75.5 Å². The van der Waals surface area contributed by atoms with Crippen LogP contribution in [-0.2, 0) is 23.9 Å². The number of amides is 3. The Bertz CT molecular complexity index is 1220. The highest BCUT2D eigenvalue weighted by Crippen LogP contribution is 2.57.